The average molecular weight is 478 g/mol. The number of halogens is 1. The van der Waals surface area contributed by atoms with Crippen LogP contribution in [0, 0.1) is 6.92 Å². The molecule has 0 amide bonds. The Kier molecular flexibility index (Phi) is 7.72. The number of fused-ring (bicyclic) bond motifs is 1. The van der Waals surface area contributed by atoms with Crippen molar-refractivity contribution in [3.63, 3.8) is 0 Å². The molecule has 0 saturated carbocycles. The fourth-order valence-corrected chi connectivity index (χ4v) is 6.16. The van der Waals surface area contributed by atoms with Crippen molar-refractivity contribution in [2.45, 2.75) is 42.9 Å². The van der Waals surface area contributed by atoms with Crippen molar-refractivity contribution in [1.29, 1.82) is 0 Å². The fraction of sp³-hybridized carbons (Fsp3) is 0.214. The molecule has 0 aromatic heterocycles. The van der Waals surface area contributed by atoms with Crippen LogP contribution < -0.4 is 4.90 Å². The average Bonchev–Trinajstić information content (AvgIpc) is 3.16. The maximum Gasteiger partial charge on any atom is 0.0801 e. The van der Waals surface area contributed by atoms with Gasteiger partial charge in [-0.3, -0.25) is 0 Å². The summed E-state index contributed by atoms with van der Waals surface area (Å²) in [6.45, 7) is 9.51. The van der Waals surface area contributed by atoms with Crippen molar-refractivity contribution < 1.29 is 0 Å². The topological polar surface area (TPSA) is 3.24 Å². The zero-order valence-electron chi connectivity index (χ0n) is 18.6. The Balaban J connectivity index is 1.49. The van der Waals surface area contributed by atoms with Gasteiger partial charge in [0.1, 0.15) is 0 Å². The number of para-hydroxylation sites is 1. The highest BCUT2D eigenvalue weighted by Gasteiger charge is 2.23. The highest BCUT2D eigenvalue weighted by atomic mass is 35.5. The molecule has 4 heteroatoms. The van der Waals surface area contributed by atoms with Crippen molar-refractivity contribution in [3.8, 4) is 0 Å². The first-order valence-corrected chi connectivity index (χ1v) is 13.0. The molecular formula is C28H28ClNS2. The zero-order valence-corrected chi connectivity index (χ0v) is 21.0. The van der Waals surface area contributed by atoms with Crippen LogP contribution in [-0.2, 0) is 0 Å². The minimum Gasteiger partial charge on any atom is -0.335 e. The predicted molar refractivity (Wildman–Crippen MR) is 144 cm³/mol. The molecule has 32 heavy (non-hydrogen) atoms. The molecule has 1 heterocycles. The molecule has 0 saturated heterocycles. The lowest BCUT2D eigenvalue weighted by molar-refractivity contribution is 0.792. The monoisotopic (exact) mass is 477 g/mol. The molecule has 0 spiro atoms. The van der Waals surface area contributed by atoms with Gasteiger partial charge >= 0.3 is 0 Å². The molecule has 164 valence electrons. The highest BCUT2D eigenvalue weighted by Crippen LogP contribution is 2.45. The quantitative estimate of drug-likeness (QED) is 0.301. The van der Waals surface area contributed by atoms with Crippen LogP contribution in [0.2, 0.25) is 0 Å². The largest absolute Gasteiger partial charge is 0.335 e. The minimum absolute atomic E-state index is 0.890. The SMILES string of the molecule is C=C(/C=C/C1=C(Cl)C(=C/C=C2\Sc3ccccc3N2CC)/CCC1)Sc1ccccc1C. The van der Waals surface area contributed by atoms with Gasteiger partial charge in [-0.15, -0.1) is 0 Å². The Morgan fingerprint density at radius 3 is 2.72 bits per heavy atom. The first-order chi connectivity index (χ1) is 15.6. The fourth-order valence-electron chi connectivity index (χ4n) is 3.92. The van der Waals surface area contributed by atoms with Crippen molar-refractivity contribution >= 4 is 40.8 Å². The minimum atomic E-state index is 0.890. The smallest absolute Gasteiger partial charge is 0.0801 e. The summed E-state index contributed by atoms with van der Waals surface area (Å²) >= 11 is 10.4. The molecule has 0 fully saturated rings. The first-order valence-electron chi connectivity index (χ1n) is 11.0. The summed E-state index contributed by atoms with van der Waals surface area (Å²) in [5.41, 5.74) is 4.98. The van der Waals surface area contributed by atoms with Gasteiger partial charge in [-0.25, -0.2) is 0 Å². The number of benzene rings is 2. The summed E-state index contributed by atoms with van der Waals surface area (Å²) in [5, 5.41) is 2.15. The van der Waals surface area contributed by atoms with Crippen LogP contribution >= 0.6 is 35.1 Å². The van der Waals surface area contributed by atoms with Crippen LogP contribution in [0.25, 0.3) is 0 Å². The molecule has 0 bridgehead atoms. The number of anilines is 1. The van der Waals surface area contributed by atoms with Gasteiger partial charge in [0.15, 0.2) is 0 Å². The third kappa shape index (κ3) is 5.28. The predicted octanol–water partition coefficient (Wildman–Crippen LogP) is 9.23. The van der Waals surface area contributed by atoms with Gasteiger partial charge in [0.05, 0.1) is 10.7 Å². The Bertz CT molecular complexity index is 1140. The van der Waals surface area contributed by atoms with Crippen LogP contribution in [0.1, 0.15) is 31.7 Å². The van der Waals surface area contributed by atoms with E-state index >= 15 is 0 Å². The molecule has 1 aliphatic carbocycles. The lowest BCUT2D eigenvalue weighted by Gasteiger charge is -2.19. The molecule has 1 nitrogen and oxygen atoms in total. The van der Waals surface area contributed by atoms with E-state index in [1.165, 1.54) is 37.2 Å². The maximum absolute atomic E-state index is 6.84. The second-order valence-corrected chi connectivity index (χ2v) is 10.5. The molecule has 0 N–H and O–H groups in total. The Morgan fingerprint density at radius 2 is 1.91 bits per heavy atom. The Morgan fingerprint density at radius 1 is 1.12 bits per heavy atom. The second kappa shape index (κ2) is 10.7. The summed E-state index contributed by atoms with van der Waals surface area (Å²) in [6, 6.07) is 17.0. The van der Waals surface area contributed by atoms with Crippen molar-refractivity contribution in [2.75, 3.05) is 11.4 Å². The summed E-state index contributed by atoms with van der Waals surface area (Å²) < 4.78 is 0. The third-order valence-electron chi connectivity index (χ3n) is 5.64. The van der Waals surface area contributed by atoms with E-state index in [1.807, 2.05) is 11.8 Å². The van der Waals surface area contributed by atoms with E-state index in [-0.39, 0.29) is 0 Å². The molecule has 0 unspecified atom stereocenters. The van der Waals surface area contributed by atoms with Crippen LogP contribution in [0.5, 0.6) is 0 Å². The highest BCUT2D eigenvalue weighted by molar-refractivity contribution is 8.03. The number of rotatable bonds is 6. The van der Waals surface area contributed by atoms with Gasteiger partial charge in [-0.1, -0.05) is 84.2 Å². The van der Waals surface area contributed by atoms with Crippen LogP contribution in [0.3, 0.4) is 0 Å². The zero-order chi connectivity index (χ0) is 22.5. The number of allylic oxidation sites excluding steroid dienone is 7. The van der Waals surface area contributed by atoms with Gasteiger partial charge in [-0.2, -0.15) is 0 Å². The molecule has 2 aliphatic rings. The molecule has 2 aromatic rings. The number of hydrogen-bond acceptors (Lipinski definition) is 3. The van der Waals surface area contributed by atoms with Crippen LogP contribution in [-0.4, -0.2) is 6.54 Å². The third-order valence-corrected chi connectivity index (χ3v) is 8.33. The van der Waals surface area contributed by atoms with E-state index in [0.717, 1.165) is 35.7 Å². The van der Waals surface area contributed by atoms with E-state index in [4.69, 9.17) is 11.6 Å². The van der Waals surface area contributed by atoms with Crippen molar-refractivity contribution in [2.24, 2.45) is 0 Å². The molecule has 0 atom stereocenters. The second-order valence-electron chi connectivity index (χ2n) is 7.87. The van der Waals surface area contributed by atoms with E-state index < -0.39 is 0 Å². The van der Waals surface area contributed by atoms with Crippen LogP contribution in [0.15, 0.2) is 115 Å². The number of hydrogen-bond donors (Lipinski definition) is 0. The number of nitrogens with zero attached hydrogens (tertiary/aromatic N) is 1. The van der Waals surface area contributed by atoms with Gasteiger partial charge in [0, 0.05) is 26.3 Å². The summed E-state index contributed by atoms with van der Waals surface area (Å²) in [5.74, 6) is 0. The molecule has 4 rings (SSSR count). The van der Waals surface area contributed by atoms with E-state index in [0.29, 0.717) is 0 Å². The van der Waals surface area contributed by atoms with Gasteiger partial charge in [0.25, 0.3) is 0 Å². The summed E-state index contributed by atoms with van der Waals surface area (Å²) in [7, 11) is 0. The standard InChI is InChI=1S/C28H28ClNS2/c1-4-30-24-13-6-8-15-26(24)32-27(30)19-18-23-12-9-11-22(28(23)29)17-16-21(3)31-25-14-7-5-10-20(25)2/h5-8,10,13-19H,3-4,9,11-12H2,1-2H3/b17-16+,23-18+,27-19-. The summed E-state index contributed by atoms with van der Waals surface area (Å²) in [4.78, 5) is 5.95. The van der Waals surface area contributed by atoms with E-state index in [9.17, 15) is 0 Å². The van der Waals surface area contributed by atoms with Crippen molar-refractivity contribution in [1.82, 2.24) is 0 Å². The molecule has 1 aliphatic heterocycles. The maximum atomic E-state index is 6.84. The lowest BCUT2D eigenvalue weighted by Crippen LogP contribution is -2.16. The van der Waals surface area contributed by atoms with Gasteiger partial charge in [-0.05, 0) is 80.2 Å². The Labute approximate surface area is 205 Å². The molecule has 0 radical (unpaired) electrons. The first kappa shape index (κ1) is 23.1. The number of aryl methyl sites for hydroxylation is 1. The molecule has 2 aromatic carbocycles. The lowest BCUT2D eigenvalue weighted by atomic mass is 9.94. The van der Waals surface area contributed by atoms with Gasteiger partial charge in [0.2, 0.25) is 0 Å². The van der Waals surface area contributed by atoms with E-state index in [2.05, 4.69) is 98.2 Å². The van der Waals surface area contributed by atoms with Gasteiger partial charge < -0.3 is 4.90 Å². The summed E-state index contributed by atoms with van der Waals surface area (Å²) in [6.07, 6.45) is 11.8. The van der Waals surface area contributed by atoms with Crippen molar-refractivity contribution in [3.05, 3.63) is 111 Å². The molecular weight excluding hydrogens is 450 g/mol. The number of thioether (sulfide) groups is 2. The normalized spacial score (nSPS) is 18.8. The Hall–Kier alpha value is -2.07. The van der Waals surface area contributed by atoms with Crippen LogP contribution in [0.4, 0.5) is 5.69 Å². The van der Waals surface area contributed by atoms with E-state index in [1.54, 1.807) is 11.8 Å².